The van der Waals surface area contributed by atoms with Gasteiger partial charge in [-0.3, -0.25) is 14.5 Å². The van der Waals surface area contributed by atoms with Gasteiger partial charge in [0, 0.05) is 0 Å². The Hall–Kier alpha value is -3.22. The molecule has 6 nitrogen and oxygen atoms in total. The van der Waals surface area contributed by atoms with Crippen molar-refractivity contribution in [3.63, 3.8) is 0 Å². The number of carbonyl (C=O) groups excluding carboxylic acids is 3. The normalized spacial score (nSPS) is 18.9. The van der Waals surface area contributed by atoms with Crippen LogP contribution in [0.4, 0.5) is 9.18 Å². The molecular weight excluding hydrogens is 375 g/mol. The van der Waals surface area contributed by atoms with E-state index in [1.807, 2.05) is 12.1 Å². The van der Waals surface area contributed by atoms with Gasteiger partial charge in [0.2, 0.25) is 0 Å². The Labute approximate surface area is 168 Å². The molecule has 0 saturated carbocycles. The highest BCUT2D eigenvalue weighted by molar-refractivity contribution is 6.11. The van der Waals surface area contributed by atoms with Crippen LogP contribution in [-0.4, -0.2) is 36.3 Å². The van der Waals surface area contributed by atoms with E-state index in [2.05, 4.69) is 19.2 Å². The maximum atomic E-state index is 13.6. The molecule has 2 aromatic carbocycles. The van der Waals surface area contributed by atoms with Gasteiger partial charge in [-0.1, -0.05) is 38.1 Å². The van der Waals surface area contributed by atoms with Gasteiger partial charge >= 0.3 is 6.03 Å². The van der Waals surface area contributed by atoms with Crippen molar-refractivity contribution in [3.05, 3.63) is 65.0 Å². The number of carbonyl (C=O) groups is 3. The number of methoxy groups -OCH3 is 1. The van der Waals surface area contributed by atoms with Crippen molar-refractivity contribution in [2.45, 2.75) is 32.2 Å². The Kier molecular flexibility index (Phi) is 5.42. The highest BCUT2D eigenvalue weighted by atomic mass is 19.1. The minimum Gasteiger partial charge on any atom is -0.496 e. The van der Waals surface area contributed by atoms with Crippen molar-refractivity contribution >= 4 is 17.7 Å². The van der Waals surface area contributed by atoms with E-state index in [4.69, 9.17) is 4.74 Å². The molecule has 29 heavy (non-hydrogen) atoms. The summed E-state index contributed by atoms with van der Waals surface area (Å²) in [5.41, 5.74) is 0.430. The summed E-state index contributed by atoms with van der Waals surface area (Å²) >= 11 is 0. The molecule has 7 heteroatoms. The number of nitrogens with zero attached hydrogens (tertiary/aromatic N) is 1. The maximum Gasteiger partial charge on any atom is 0.325 e. The predicted octanol–water partition coefficient (Wildman–Crippen LogP) is 3.61. The van der Waals surface area contributed by atoms with Crippen molar-refractivity contribution in [1.29, 1.82) is 0 Å². The molecule has 152 valence electrons. The van der Waals surface area contributed by atoms with E-state index < -0.39 is 35.6 Å². The summed E-state index contributed by atoms with van der Waals surface area (Å²) in [5, 5.41) is 2.67. The number of halogens is 1. The molecule has 1 aliphatic heterocycles. The number of amides is 3. The van der Waals surface area contributed by atoms with Crippen molar-refractivity contribution in [2.75, 3.05) is 13.7 Å². The molecule has 2 aromatic rings. The zero-order chi connectivity index (χ0) is 21.3. The number of hydrogen-bond donors (Lipinski definition) is 1. The molecule has 1 heterocycles. The van der Waals surface area contributed by atoms with Gasteiger partial charge in [-0.05, 0) is 42.2 Å². The Morgan fingerprint density at radius 1 is 1.17 bits per heavy atom. The first-order valence-corrected chi connectivity index (χ1v) is 9.28. The molecule has 3 amide bonds. The van der Waals surface area contributed by atoms with Gasteiger partial charge in [-0.15, -0.1) is 0 Å². The second-order valence-electron chi connectivity index (χ2n) is 7.49. The average Bonchev–Trinajstić information content (AvgIpc) is 2.92. The first-order valence-electron chi connectivity index (χ1n) is 9.28. The highest BCUT2D eigenvalue weighted by Gasteiger charge is 2.49. The summed E-state index contributed by atoms with van der Waals surface area (Å²) < 4.78 is 18.7. The molecule has 0 spiro atoms. The van der Waals surface area contributed by atoms with E-state index in [-0.39, 0.29) is 11.3 Å². The van der Waals surface area contributed by atoms with Gasteiger partial charge in [0.25, 0.3) is 5.91 Å². The zero-order valence-electron chi connectivity index (χ0n) is 16.8. The summed E-state index contributed by atoms with van der Waals surface area (Å²) in [7, 11) is 1.36. The van der Waals surface area contributed by atoms with Crippen LogP contribution in [0, 0.1) is 5.82 Å². The monoisotopic (exact) mass is 398 g/mol. The van der Waals surface area contributed by atoms with Crippen LogP contribution in [0.2, 0.25) is 0 Å². The lowest BCUT2D eigenvalue weighted by atomic mass is 9.90. The summed E-state index contributed by atoms with van der Waals surface area (Å²) in [4.78, 5) is 39.0. The third-order valence-corrected chi connectivity index (χ3v) is 5.19. The zero-order valence-corrected chi connectivity index (χ0v) is 16.8. The minimum absolute atomic E-state index is 0.0250. The molecule has 1 atom stereocenters. The summed E-state index contributed by atoms with van der Waals surface area (Å²) in [6, 6.07) is 10.3. The van der Waals surface area contributed by atoms with Crippen LogP contribution in [0.1, 0.15) is 48.2 Å². The third-order valence-electron chi connectivity index (χ3n) is 5.19. The van der Waals surface area contributed by atoms with Gasteiger partial charge in [0.1, 0.15) is 17.1 Å². The van der Waals surface area contributed by atoms with Crippen molar-refractivity contribution in [3.8, 4) is 5.75 Å². The first-order chi connectivity index (χ1) is 13.7. The molecule has 0 aromatic heterocycles. The number of hydrogen-bond acceptors (Lipinski definition) is 4. The number of rotatable bonds is 6. The SMILES string of the molecule is COc1ccc(F)cc1C(=O)CN1C(=O)N[C@@](C)(c2ccc(C(C)C)cc2)C1=O. The van der Waals surface area contributed by atoms with Crippen LogP contribution in [0.3, 0.4) is 0 Å². The van der Waals surface area contributed by atoms with E-state index in [9.17, 15) is 18.8 Å². The smallest absolute Gasteiger partial charge is 0.325 e. The molecule has 3 rings (SSSR count). The van der Waals surface area contributed by atoms with Crippen LogP contribution >= 0.6 is 0 Å². The van der Waals surface area contributed by atoms with E-state index in [1.54, 1.807) is 19.1 Å². The molecule has 1 N–H and O–H groups in total. The quantitative estimate of drug-likeness (QED) is 0.596. The van der Waals surface area contributed by atoms with Gasteiger partial charge in [0.05, 0.1) is 19.2 Å². The van der Waals surface area contributed by atoms with Crippen LogP contribution in [0.5, 0.6) is 5.75 Å². The maximum absolute atomic E-state index is 13.6. The standard InChI is InChI=1S/C22H23FN2O4/c1-13(2)14-5-7-15(8-6-14)22(3)20(27)25(21(28)24-22)12-18(26)17-11-16(23)9-10-19(17)29-4/h5-11,13H,12H2,1-4H3,(H,24,28)/t22-/m0/s1. The van der Waals surface area contributed by atoms with Gasteiger partial charge in [0.15, 0.2) is 5.78 Å². The topological polar surface area (TPSA) is 75.7 Å². The lowest BCUT2D eigenvalue weighted by Gasteiger charge is -2.23. The Morgan fingerprint density at radius 3 is 2.41 bits per heavy atom. The molecule has 0 bridgehead atoms. The van der Waals surface area contributed by atoms with Gasteiger partial charge in [-0.2, -0.15) is 0 Å². The largest absolute Gasteiger partial charge is 0.496 e. The number of nitrogens with one attached hydrogen (secondary N) is 1. The van der Waals surface area contributed by atoms with Gasteiger partial charge in [-0.25, -0.2) is 9.18 Å². The molecular formula is C22H23FN2O4. The summed E-state index contributed by atoms with van der Waals surface area (Å²) in [5.74, 6) is -1.23. The number of urea groups is 1. The number of Topliss-reactive ketones (excluding diaryl/α,β-unsaturated/α-hetero) is 1. The second kappa shape index (κ2) is 7.66. The van der Waals surface area contributed by atoms with E-state index in [0.29, 0.717) is 11.5 Å². The van der Waals surface area contributed by atoms with Gasteiger partial charge < -0.3 is 10.1 Å². The van der Waals surface area contributed by atoms with Crippen LogP contribution in [-0.2, 0) is 10.3 Å². The molecule has 1 saturated heterocycles. The summed E-state index contributed by atoms with van der Waals surface area (Å²) in [6.45, 7) is 5.22. The minimum atomic E-state index is -1.28. The molecule has 0 unspecified atom stereocenters. The Morgan fingerprint density at radius 2 is 1.83 bits per heavy atom. The lowest BCUT2D eigenvalue weighted by Crippen LogP contribution is -2.41. The van der Waals surface area contributed by atoms with Crippen LogP contribution < -0.4 is 10.1 Å². The van der Waals surface area contributed by atoms with Crippen molar-refractivity contribution < 1.29 is 23.5 Å². The number of ether oxygens (including phenoxy) is 1. The lowest BCUT2D eigenvalue weighted by molar-refractivity contribution is -0.130. The molecule has 0 aliphatic carbocycles. The predicted molar refractivity (Wildman–Crippen MR) is 105 cm³/mol. The van der Waals surface area contributed by atoms with Crippen LogP contribution in [0.15, 0.2) is 42.5 Å². The highest BCUT2D eigenvalue weighted by Crippen LogP contribution is 2.30. The molecule has 1 aliphatic rings. The van der Waals surface area contributed by atoms with E-state index in [1.165, 1.54) is 19.2 Å². The Balaban J connectivity index is 1.85. The van der Waals surface area contributed by atoms with E-state index in [0.717, 1.165) is 16.5 Å². The molecule has 0 radical (unpaired) electrons. The number of ketones is 1. The number of benzene rings is 2. The fraction of sp³-hybridized carbons (Fsp3) is 0.318. The van der Waals surface area contributed by atoms with Crippen molar-refractivity contribution in [1.82, 2.24) is 10.2 Å². The average molecular weight is 398 g/mol. The van der Waals surface area contributed by atoms with E-state index >= 15 is 0 Å². The number of imide groups is 1. The Bertz CT molecular complexity index is 971. The second-order valence-corrected chi connectivity index (χ2v) is 7.49. The third kappa shape index (κ3) is 3.72. The van der Waals surface area contributed by atoms with Crippen LogP contribution in [0.25, 0.3) is 0 Å². The van der Waals surface area contributed by atoms with Crippen molar-refractivity contribution in [2.24, 2.45) is 0 Å². The first kappa shape index (κ1) is 20.5. The fourth-order valence-electron chi connectivity index (χ4n) is 3.36. The molecule has 1 fully saturated rings. The fourth-order valence-corrected chi connectivity index (χ4v) is 3.36. The summed E-state index contributed by atoms with van der Waals surface area (Å²) in [6.07, 6.45) is 0.